The van der Waals surface area contributed by atoms with Crippen molar-refractivity contribution in [3.8, 4) is 6.07 Å². The lowest BCUT2D eigenvalue weighted by atomic mass is 10.2. The molecule has 0 saturated heterocycles. The van der Waals surface area contributed by atoms with Gasteiger partial charge in [0.05, 0.1) is 11.8 Å². The van der Waals surface area contributed by atoms with Crippen LogP contribution >= 0.6 is 0 Å². The Hall–Kier alpha value is -3.01. The summed E-state index contributed by atoms with van der Waals surface area (Å²) in [7, 11) is 0. The van der Waals surface area contributed by atoms with E-state index in [2.05, 4.69) is 5.32 Å². The van der Waals surface area contributed by atoms with Gasteiger partial charge in [0.25, 0.3) is 5.91 Å². The minimum atomic E-state index is -4.44. The van der Waals surface area contributed by atoms with Crippen molar-refractivity contribution in [2.75, 3.05) is 5.32 Å². The second kappa shape index (κ2) is 6.18. The predicted molar refractivity (Wildman–Crippen MR) is 72.4 cm³/mol. The SMILES string of the molecule is N#CC(=Cc1ccco1)C(=O)Nc1ccc(C(F)(F)F)cc1. The average molecular weight is 306 g/mol. The van der Waals surface area contributed by atoms with Gasteiger partial charge in [-0.25, -0.2) is 0 Å². The summed E-state index contributed by atoms with van der Waals surface area (Å²) in [6, 6.07) is 8.77. The van der Waals surface area contributed by atoms with E-state index in [0.29, 0.717) is 5.76 Å². The monoisotopic (exact) mass is 306 g/mol. The lowest BCUT2D eigenvalue weighted by molar-refractivity contribution is -0.137. The van der Waals surface area contributed by atoms with Crippen molar-refractivity contribution in [1.29, 1.82) is 5.26 Å². The fourth-order valence-electron chi connectivity index (χ4n) is 1.61. The maximum Gasteiger partial charge on any atom is 0.416 e. The number of carbonyl (C=O) groups is 1. The number of hydrogen-bond donors (Lipinski definition) is 1. The Bertz CT molecular complexity index is 724. The summed E-state index contributed by atoms with van der Waals surface area (Å²) in [5.41, 5.74) is -0.898. The van der Waals surface area contributed by atoms with E-state index in [1.54, 1.807) is 18.2 Å². The van der Waals surface area contributed by atoms with Gasteiger partial charge in [-0.15, -0.1) is 0 Å². The van der Waals surface area contributed by atoms with E-state index in [9.17, 15) is 18.0 Å². The first kappa shape index (κ1) is 15.4. The van der Waals surface area contributed by atoms with Crippen LogP contribution in [0, 0.1) is 11.3 Å². The van der Waals surface area contributed by atoms with Crippen molar-refractivity contribution in [3.05, 3.63) is 59.6 Å². The molecule has 1 aromatic carbocycles. The van der Waals surface area contributed by atoms with Crippen LogP contribution in [-0.2, 0) is 11.0 Å². The maximum absolute atomic E-state index is 12.4. The number of hydrogen-bond acceptors (Lipinski definition) is 3. The van der Waals surface area contributed by atoms with Gasteiger partial charge in [-0.2, -0.15) is 18.4 Å². The first-order valence-corrected chi connectivity index (χ1v) is 6.04. The molecular weight excluding hydrogens is 297 g/mol. The quantitative estimate of drug-likeness (QED) is 0.692. The van der Waals surface area contributed by atoms with Crippen LogP contribution < -0.4 is 5.32 Å². The van der Waals surface area contributed by atoms with Gasteiger partial charge in [-0.1, -0.05) is 0 Å². The minimum absolute atomic E-state index is 0.151. The topological polar surface area (TPSA) is 66.0 Å². The van der Waals surface area contributed by atoms with Crippen LogP contribution in [0.5, 0.6) is 0 Å². The molecule has 2 rings (SSSR count). The van der Waals surface area contributed by atoms with E-state index < -0.39 is 17.6 Å². The molecule has 0 atom stereocenters. The van der Waals surface area contributed by atoms with Gasteiger partial charge >= 0.3 is 6.18 Å². The van der Waals surface area contributed by atoms with Crippen molar-refractivity contribution in [2.45, 2.75) is 6.18 Å². The molecule has 0 bridgehead atoms. The van der Waals surface area contributed by atoms with Crippen molar-refractivity contribution in [2.24, 2.45) is 0 Å². The van der Waals surface area contributed by atoms with E-state index in [-0.39, 0.29) is 11.3 Å². The van der Waals surface area contributed by atoms with E-state index in [1.807, 2.05) is 0 Å². The molecule has 0 aliphatic heterocycles. The zero-order valence-electron chi connectivity index (χ0n) is 11.0. The van der Waals surface area contributed by atoms with Crippen molar-refractivity contribution in [3.63, 3.8) is 0 Å². The number of nitrogens with zero attached hydrogens (tertiary/aromatic N) is 1. The van der Waals surface area contributed by atoms with Crippen molar-refractivity contribution < 1.29 is 22.4 Å². The molecule has 0 fully saturated rings. The molecular formula is C15H9F3N2O2. The minimum Gasteiger partial charge on any atom is -0.465 e. The highest BCUT2D eigenvalue weighted by atomic mass is 19.4. The Labute approximate surface area is 123 Å². The number of anilines is 1. The number of furan rings is 1. The predicted octanol–water partition coefficient (Wildman–Crippen LogP) is 3.84. The Morgan fingerprint density at radius 3 is 2.41 bits per heavy atom. The number of benzene rings is 1. The number of rotatable bonds is 3. The summed E-state index contributed by atoms with van der Waals surface area (Å²) in [4.78, 5) is 11.9. The molecule has 0 unspecified atom stereocenters. The number of carbonyl (C=O) groups excluding carboxylic acids is 1. The van der Waals surface area contributed by atoms with E-state index in [0.717, 1.165) is 24.3 Å². The van der Waals surface area contributed by atoms with Crippen LogP contribution in [0.4, 0.5) is 18.9 Å². The normalized spacial score (nSPS) is 11.8. The Morgan fingerprint density at radius 2 is 1.91 bits per heavy atom. The summed E-state index contributed by atoms with van der Waals surface area (Å²) >= 11 is 0. The smallest absolute Gasteiger partial charge is 0.416 e. The standard InChI is InChI=1S/C15H9F3N2O2/c16-15(17,18)11-3-5-12(6-4-11)20-14(21)10(9-19)8-13-2-1-7-22-13/h1-8H,(H,20,21). The molecule has 0 aliphatic rings. The number of nitrogens with one attached hydrogen (secondary N) is 1. The molecule has 4 nitrogen and oxygen atoms in total. The molecule has 0 spiro atoms. The molecule has 7 heteroatoms. The van der Waals surface area contributed by atoms with Gasteiger partial charge in [0, 0.05) is 11.8 Å². The molecule has 2 aromatic rings. The molecule has 1 amide bonds. The highest BCUT2D eigenvalue weighted by molar-refractivity contribution is 6.09. The summed E-state index contributed by atoms with van der Waals surface area (Å²) in [5, 5.41) is 11.3. The average Bonchev–Trinajstić information content (AvgIpc) is 2.97. The molecule has 0 radical (unpaired) electrons. The molecule has 22 heavy (non-hydrogen) atoms. The van der Waals surface area contributed by atoms with E-state index in [1.165, 1.54) is 12.3 Å². The Kier molecular flexibility index (Phi) is 4.32. The van der Waals surface area contributed by atoms with Crippen LogP contribution in [0.15, 0.2) is 52.7 Å². The fourth-order valence-corrected chi connectivity index (χ4v) is 1.61. The van der Waals surface area contributed by atoms with Gasteiger partial charge in [-0.05, 0) is 36.4 Å². The lowest BCUT2D eigenvalue weighted by Crippen LogP contribution is -2.13. The van der Waals surface area contributed by atoms with Gasteiger partial charge in [0.15, 0.2) is 0 Å². The molecule has 1 heterocycles. The van der Waals surface area contributed by atoms with Crippen LogP contribution in [-0.4, -0.2) is 5.91 Å². The summed E-state index contributed by atoms with van der Waals surface area (Å²) in [6.45, 7) is 0. The van der Waals surface area contributed by atoms with Crippen molar-refractivity contribution in [1.82, 2.24) is 0 Å². The third-order valence-electron chi connectivity index (χ3n) is 2.66. The van der Waals surface area contributed by atoms with Gasteiger partial charge < -0.3 is 9.73 Å². The molecule has 1 N–H and O–H groups in total. The van der Waals surface area contributed by atoms with Gasteiger partial charge in [0.1, 0.15) is 17.4 Å². The molecule has 0 aliphatic carbocycles. The zero-order chi connectivity index (χ0) is 16.2. The van der Waals surface area contributed by atoms with Crippen LogP contribution in [0.3, 0.4) is 0 Å². The Balaban J connectivity index is 2.13. The van der Waals surface area contributed by atoms with E-state index >= 15 is 0 Å². The molecule has 0 saturated carbocycles. The second-order valence-corrected chi connectivity index (χ2v) is 4.21. The Morgan fingerprint density at radius 1 is 1.23 bits per heavy atom. The lowest BCUT2D eigenvalue weighted by Gasteiger charge is -2.08. The van der Waals surface area contributed by atoms with Gasteiger partial charge in [0.2, 0.25) is 0 Å². The third kappa shape index (κ3) is 3.76. The number of nitriles is 1. The van der Waals surface area contributed by atoms with E-state index in [4.69, 9.17) is 9.68 Å². The van der Waals surface area contributed by atoms with Gasteiger partial charge in [-0.3, -0.25) is 4.79 Å². The summed E-state index contributed by atoms with van der Waals surface area (Å²) in [6.07, 6.45) is -1.83. The van der Waals surface area contributed by atoms with Crippen LogP contribution in [0.25, 0.3) is 6.08 Å². The highest BCUT2D eigenvalue weighted by Crippen LogP contribution is 2.29. The largest absolute Gasteiger partial charge is 0.465 e. The fraction of sp³-hybridized carbons (Fsp3) is 0.0667. The number of amides is 1. The second-order valence-electron chi connectivity index (χ2n) is 4.21. The molecule has 112 valence electrons. The van der Waals surface area contributed by atoms with Crippen molar-refractivity contribution >= 4 is 17.7 Å². The van der Waals surface area contributed by atoms with Crippen LogP contribution in [0.2, 0.25) is 0 Å². The summed E-state index contributed by atoms with van der Waals surface area (Å²) < 4.78 is 42.3. The highest BCUT2D eigenvalue weighted by Gasteiger charge is 2.30. The zero-order valence-corrected chi connectivity index (χ0v) is 11.0. The van der Waals surface area contributed by atoms with Crippen LogP contribution in [0.1, 0.15) is 11.3 Å². The molecule has 1 aromatic heterocycles. The number of halogens is 3. The number of alkyl halides is 3. The summed E-state index contributed by atoms with van der Waals surface area (Å²) in [5.74, 6) is -0.419. The first-order valence-electron chi connectivity index (χ1n) is 6.04. The first-order chi connectivity index (χ1) is 10.4. The third-order valence-corrected chi connectivity index (χ3v) is 2.66. The maximum atomic E-state index is 12.4.